The molecule has 0 bridgehead atoms. The predicted molar refractivity (Wildman–Crippen MR) is 56.4 cm³/mol. The monoisotopic (exact) mass is 221 g/mol. The van der Waals surface area contributed by atoms with Gasteiger partial charge in [0.25, 0.3) is 5.69 Å². The van der Waals surface area contributed by atoms with Crippen molar-refractivity contribution in [3.05, 3.63) is 39.9 Å². The average Bonchev–Trinajstić information content (AvgIpc) is 2.96. The zero-order valence-corrected chi connectivity index (χ0v) is 8.80. The Labute approximate surface area is 92.2 Å². The van der Waals surface area contributed by atoms with Crippen molar-refractivity contribution < 1.29 is 14.5 Å². The highest BCUT2D eigenvalue weighted by Gasteiger charge is 2.41. The number of epoxide rings is 1. The van der Waals surface area contributed by atoms with Crippen LogP contribution >= 0.6 is 0 Å². The third kappa shape index (κ3) is 2.25. The van der Waals surface area contributed by atoms with Crippen LogP contribution in [0.15, 0.2) is 24.3 Å². The van der Waals surface area contributed by atoms with Crippen LogP contribution in [0.25, 0.3) is 0 Å². The molecule has 0 unspecified atom stereocenters. The number of ether oxygens (including phenoxy) is 1. The first-order valence-corrected chi connectivity index (χ1v) is 4.92. The van der Waals surface area contributed by atoms with Gasteiger partial charge in [-0.1, -0.05) is 0 Å². The second-order valence-electron chi connectivity index (χ2n) is 4.14. The number of nitro benzene ring substituents is 1. The number of nitro groups is 1. The summed E-state index contributed by atoms with van der Waals surface area (Å²) in [5.74, 6) is -0.0464. The molecule has 1 aliphatic heterocycles. The maximum absolute atomic E-state index is 11.7. The fraction of sp³-hybridized carbons (Fsp3) is 0.364. The van der Waals surface area contributed by atoms with Gasteiger partial charge in [0.1, 0.15) is 0 Å². The van der Waals surface area contributed by atoms with Gasteiger partial charge in [0.15, 0.2) is 5.78 Å². The molecule has 1 fully saturated rings. The topological polar surface area (TPSA) is 72.7 Å². The van der Waals surface area contributed by atoms with Gasteiger partial charge in [-0.3, -0.25) is 14.9 Å². The summed E-state index contributed by atoms with van der Waals surface area (Å²) in [7, 11) is 0. The Morgan fingerprint density at radius 3 is 2.50 bits per heavy atom. The largest absolute Gasteiger partial charge is 0.369 e. The van der Waals surface area contributed by atoms with Gasteiger partial charge in [0.2, 0.25) is 0 Å². The van der Waals surface area contributed by atoms with E-state index >= 15 is 0 Å². The van der Waals surface area contributed by atoms with E-state index in [0.29, 0.717) is 18.6 Å². The summed E-state index contributed by atoms with van der Waals surface area (Å²) in [6.07, 6.45) is 0.324. The van der Waals surface area contributed by atoms with Crippen molar-refractivity contribution in [2.24, 2.45) is 0 Å². The van der Waals surface area contributed by atoms with E-state index in [0.717, 1.165) is 0 Å². The molecule has 1 aliphatic rings. The molecule has 0 spiro atoms. The molecule has 1 heterocycles. The molecule has 0 aromatic heterocycles. The second-order valence-corrected chi connectivity index (χ2v) is 4.14. The standard InChI is InChI=1S/C11H11NO4/c1-11(7-16-11)6-10(13)8-2-4-9(5-3-8)12(14)15/h2-5H,6-7H2,1H3/t11-/m0/s1. The molecule has 84 valence electrons. The second kappa shape index (κ2) is 3.68. The summed E-state index contributed by atoms with van der Waals surface area (Å²) in [5.41, 5.74) is 0.159. The SMILES string of the molecule is C[C@]1(CC(=O)c2ccc([N+](=O)[O-])cc2)CO1. The van der Waals surface area contributed by atoms with Crippen LogP contribution in [-0.4, -0.2) is 22.9 Å². The van der Waals surface area contributed by atoms with E-state index in [1.54, 1.807) is 0 Å². The van der Waals surface area contributed by atoms with Crippen molar-refractivity contribution in [3.63, 3.8) is 0 Å². The number of non-ortho nitro benzene ring substituents is 1. The quantitative estimate of drug-likeness (QED) is 0.337. The number of hydrogen-bond donors (Lipinski definition) is 0. The van der Waals surface area contributed by atoms with E-state index in [9.17, 15) is 14.9 Å². The molecule has 0 aliphatic carbocycles. The van der Waals surface area contributed by atoms with Crippen molar-refractivity contribution in [2.45, 2.75) is 18.9 Å². The lowest BCUT2D eigenvalue weighted by Crippen LogP contribution is -2.12. The third-order valence-corrected chi connectivity index (χ3v) is 2.57. The van der Waals surface area contributed by atoms with E-state index in [-0.39, 0.29) is 17.1 Å². The molecule has 2 rings (SSSR count). The number of Topliss-reactive ketones (excluding diaryl/α,β-unsaturated/α-hetero) is 1. The van der Waals surface area contributed by atoms with E-state index in [2.05, 4.69) is 0 Å². The van der Waals surface area contributed by atoms with E-state index in [1.165, 1.54) is 24.3 Å². The molecule has 0 saturated carbocycles. The minimum absolute atomic E-state index is 0.00886. The van der Waals surface area contributed by atoms with Crippen LogP contribution in [-0.2, 0) is 4.74 Å². The number of hydrogen-bond acceptors (Lipinski definition) is 4. The predicted octanol–water partition coefficient (Wildman–Crippen LogP) is 1.96. The number of carbonyl (C=O) groups is 1. The van der Waals surface area contributed by atoms with Crippen LogP contribution in [0.4, 0.5) is 5.69 Å². The molecule has 0 N–H and O–H groups in total. The van der Waals surface area contributed by atoms with Crippen molar-refractivity contribution in [2.75, 3.05) is 6.61 Å². The molecular formula is C11H11NO4. The molecule has 1 atom stereocenters. The fourth-order valence-electron chi connectivity index (χ4n) is 1.44. The van der Waals surface area contributed by atoms with Gasteiger partial charge in [-0.25, -0.2) is 0 Å². The fourth-order valence-corrected chi connectivity index (χ4v) is 1.44. The third-order valence-electron chi connectivity index (χ3n) is 2.57. The maximum atomic E-state index is 11.7. The lowest BCUT2D eigenvalue weighted by atomic mass is 10.0. The Morgan fingerprint density at radius 1 is 1.50 bits per heavy atom. The smallest absolute Gasteiger partial charge is 0.269 e. The van der Waals surface area contributed by atoms with Crippen LogP contribution in [0.2, 0.25) is 0 Å². The van der Waals surface area contributed by atoms with Crippen molar-refractivity contribution in [1.29, 1.82) is 0 Å². The summed E-state index contributed by atoms with van der Waals surface area (Å²) in [4.78, 5) is 21.7. The lowest BCUT2D eigenvalue weighted by molar-refractivity contribution is -0.384. The Hall–Kier alpha value is -1.75. The summed E-state index contributed by atoms with van der Waals surface area (Å²) in [6, 6.07) is 5.63. The molecule has 1 aromatic carbocycles. The van der Waals surface area contributed by atoms with E-state index in [1.807, 2.05) is 6.92 Å². The molecule has 0 amide bonds. The highest BCUT2D eigenvalue weighted by atomic mass is 16.6. The lowest BCUT2D eigenvalue weighted by Gasteiger charge is -2.03. The summed E-state index contributed by atoms with van der Waals surface area (Å²) in [6.45, 7) is 2.47. The van der Waals surface area contributed by atoms with Gasteiger partial charge in [-0.05, 0) is 19.1 Å². The van der Waals surface area contributed by atoms with E-state index in [4.69, 9.17) is 4.74 Å². The van der Waals surface area contributed by atoms with Crippen molar-refractivity contribution in [1.82, 2.24) is 0 Å². The first kappa shape index (κ1) is 10.8. The van der Waals surface area contributed by atoms with Crippen LogP contribution in [0, 0.1) is 10.1 Å². The van der Waals surface area contributed by atoms with Gasteiger partial charge in [-0.15, -0.1) is 0 Å². The van der Waals surface area contributed by atoms with Crippen LogP contribution in [0.1, 0.15) is 23.7 Å². The zero-order valence-electron chi connectivity index (χ0n) is 8.80. The van der Waals surface area contributed by atoms with Gasteiger partial charge < -0.3 is 4.74 Å². The highest BCUT2D eigenvalue weighted by Crippen LogP contribution is 2.31. The van der Waals surface area contributed by atoms with Crippen LogP contribution in [0.3, 0.4) is 0 Å². The van der Waals surface area contributed by atoms with Gasteiger partial charge >= 0.3 is 0 Å². The molecular weight excluding hydrogens is 210 g/mol. The summed E-state index contributed by atoms with van der Waals surface area (Å²) < 4.78 is 5.12. The first-order valence-electron chi connectivity index (χ1n) is 4.92. The van der Waals surface area contributed by atoms with Gasteiger partial charge in [-0.2, -0.15) is 0 Å². The summed E-state index contributed by atoms with van der Waals surface area (Å²) in [5, 5.41) is 10.4. The maximum Gasteiger partial charge on any atom is 0.269 e. The Balaban J connectivity index is 2.09. The van der Waals surface area contributed by atoms with Crippen LogP contribution < -0.4 is 0 Å². The molecule has 0 radical (unpaired) electrons. The normalized spacial score (nSPS) is 22.8. The van der Waals surface area contributed by atoms with Crippen LogP contribution in [0.5, 0.6) is 0 Å². The van der Waals surface area contributed by atoms with Crippen molar-refractivity contribution in [3.8, 4) is 0 Å². The first-order chi connectivity index (χ1) is 7.50. The van der Waals surface area contributed by atoms with Gasteiger partial charge in [0.05, 0.1) is 17.1 Å². The Morgan fingerprint density at radius 2 is 2.06 bits per heavy atom. The minimum Gasteiger partial charge on any atom is -0.369 e. The molecule has 16 heavy (non-hydrogen) atoms. The van der Waals surface area contributed by atoms with E-state index < -0.39 is 4.92 Å². The molecule has 1 saturated heterocycles. The minimum atomic E-state index is -0.487. The van der Waals surface area contributed by atoms with Crippen molar-refractivity contribution >= 4 is 11.5 Å². The average molecular weight is 221 g/mol. The zero-order chi connectivity index (χ0) is 11.8. The molecule has 1 aromatic rings. The summed E-state index contributed by atoms with van der Waals surface area (Å²) >= 11 is 0. The highest BCUT2D eigenvalue weighted by molar-refractivity contribution is 5.97. The Kier molecular flexibility index (Phi) is 2.47. The molecule has 5 heteroatoms. The number of rotatable bonds is 4. The number of nitrogens with zero attached hydrogens (tertiary/aromatic N) is 1. The number of ketones is 1. The Bertz CT molecular complexity index is 434. The number of carbonyl (C=O) groups excluding carboxylic acids is 1. The molecule has 5 nitrogen and oxygen atoms in total. The van der Waals surface area contributed by atoms with Gasteiger partial charge in [0, 0.05) is 24.1 Å². The number of benzene rings is 1.